The fourth-order valence-electron chi connectivity index (χ4n) is 11.6. The van der Waals surface area contributed by atoms with E-state index in [0.717, 1.165) is 173 Å². The highest BCUT2D eigenvalue weighted by molar-refractivity contribution is 8.76. The maximum absolute atomic E-state index is 12.9. The Morgan fingerprint density at radius 3 is 1.23 bits per heavy atom. The van der Waals surface area contributed by atoms with Gasteiger partial charge in [-0.15, -0.1) is 0 Å². The van der Waals surface area contributed by atoms with Crippen LogP contribution in [0.4, 0.5) is 0 Å². The van der Waals surface area contributed by atoms with Crippen LogP contribution in [0.3, 0.4) is 0 Å². The van der Waals surface area contributed by atoms with Gasteiger partial charge in [-0.05, 0) is 116 Å². The van der Waals surface area contributed by atoms with Gasteiger partial charge in [0.25, 0.3) is 0 Å². The smallest absolute Gasteiger partial charge is 0.305 e. The average molecular weight is 1270 g/mol. The Kier molecular flexibility index (Phi) is 62.6. The van der Waals surface area contributed by atoms with E-state index >= 15 is 0 Å². The molecule has 0 spiro atoms. The number of esters is 1. The van der Waals surface area contributed by atoms with Gasteiger partial charge in [-0.25, -0.2) is 0 Å². The summed E-state index contributed by atoms with van der Waals surface area (Å²) in [5, 5.41) is 44.6. The van der Waals surface area contributed by atoms with Crippen molar-refractivity contribution in [3.05, 3.63) is 72.9 Å². The van der Waals surface area contributed by atoms with Gasteiger partial charge in [-0.1, -0.05) is 263 Å². The van der Waals surface area contributed by atoms with Crippen LogP contribution in [-0.2, 0) is 9.53 Å². The summed E-state index contributed by atoms with van der Waals surface area (Å²) in [5.74, 6) is 1.98. The lowest BCUT2D eigenvalue weighted by atomic mass is 10.0. The molecule has 1 aliphatic rings. The van der Waals surface area contributed by atoms with E-state index in [1.54, 1.807) is 0 Å². The average Bonchev–Trinajstić information content (AvgIpc) is 3.73. The molecule has 0 aromatic heterocycles. The molecule has 1 fully saturated rings. The second-order valence-electron chi connectivity index (χ2n) is 25.7. The molecule has 88 heavy (non-hydrogen) atoms. The minimum atomic E-state index is -0.411. The molecule has 1 rings (SSSR count). The Balaban J connectivity index is 2.48. The quantitative estimate of drug-likeness (QED) is 0.0201. The van der Waals surface area contributed by atoms with Gasteiger partial charge in [-0.3, -0.25) is 24.4 Å². The molecule has 1 saturated heterocycles. The van der Waals surface area contributed by atoms with Crippen LogP contribution in [0.2, 0.25) is 0 Å². The number of aliphatic hydroxyl groups excluding tert-OH is 4. The van der Waals surface area contributed by atoms with Crippen molar-refractivity contribution < 1.29 is 30.0 Å². The third-order valence-electron chi connectivity index (χ3n) is 17.3. The largest absolute Gasteiger partial charge is 0.464 e. The lowest BCUT2D eigenvalue weighted by molar-refractivity contribution is -0.144. The first-order valence-corrected chi connectivity index (χ1v) is 39.5. The summed E-state index contributed by atoms with van der Waals surface area (Å²) in [7, 11) is 3.93. The van der Waals surface area contributed by atoms with E-state index in [1.165, 1.54) is 116 Å². The summed E-state index contributed by atoms with van der Waals surface area (Å²) < 4.78 is 5.75. The summed E-state index contributed by atoms with van der Waals surface area (Å²) in [5.41, 5.74) is 0. The molecule has 0 aromatic rings. The Hall–Kier alpha value is -1.71. The molecular formula is C76H142N4O6S2. The van der Waals surface area contributed by atoms with E-state index in [4.69, 9.17) is 4.74 Å². The number of piperazine rings is 1. The van der Waals surface area contributed by atoms with Crippen molar-refractivity contribution >= 4 is 27.6 Å². The number of ether oxygens (including phenoxy) is 1. The van der Waals surface area contributed by atoms with Gasteiger partial charge in [0.15, 0.2) is 0 Å². The monoisotopic (exact) mass is 1270 g/mol. The summed E-state index contributed by atoms with van der Waals surface area (Å²) in [6.45, 7) is 20.5. The van der Waals surface area contributed by atoms with Crippen LogP contribution in [0.15, 0.2) is 72.9 Å². The van der Waals surface area contributed by atoms with Crippen LogP contribution < -0.4 is 0 Å². The first-order valence-electron chi connectivity index (χ1n) is 37.0. The Bertz CT molecular complexity index is 1590. The molecule has 1 heterocycles. The van der Waals surface area contributed by atoms with E-state index in [-0.39, 0.29) is 24.2 Å². The van der Waals surface area contributed by atoms with Crippen LogP contribution in [0, 0.1) is 0 Å². The van der Waals surface area contributed by atoms with Crippen molar-refractivity contribution in [2.24, 2.45) is 0 Å². The molecule has 1 aliphatic heterocycles. The summed E-state index contributed by atoms with van der Waals surface area (Å²) in [4.78, 5) is 22.5. The first-order chi connectivity index (χ1) is 43.1. The molecule has 5 atom stereocenters. The zero-order chi connectivity index (χ0) is 63.9. The number of rotatable bonds is 65. The van der Waals surface area contributed by atoms with E-state index in [0.29, 0.717) is 52.2 Å². The highest BCUT2D eigenvalue weighted by Gasteiger charge is 2.22. The predicted octanol–water partition coefficient (Wildman–Crippen LogP) is 18.6. The van der Waals surface area contributed by atoms with Crippen LogP contribution >= 0.6 is 21.6 Å². The lowest BCUT2D eigenvalue weighted by Crippen LogP contribution is -2.47. The van der Waals surface area contributed by atoms with Crippen molar-refractivity contribution in [3.63, 3.8) is 0 Å². The zero-order valence-corrected chi connectivity index (χ0v) is 59.6. The molecule has 0 aromatic carbocycles. The third-order valence-corrected chi connectivity index (χ3v) is 19.7. The fraction of sp³-hybridized carbons (Fsp3) is 0.829. The first kappa shape index (κ1) is 84.3. The Labute approximate surface area is 552 Å². The molecule has 0 aliphatic carbocycles. The van der Waals surface area contributed by atoms with Gasteiger partial charge in [0, 0.05) is 89.4 Å². The molecule has 514 valence electrons. The third kappa shape index (κ3) is 57.0. The van der Waals surface area contributed by atoms with Crippen LogP contribution in [0.25, 0.3) is 0 Å². The molecule has 0 radical (unpaired) electrons. The molecule has 0 saturated carbocycles. The van der Waals surface area contributed by atoms with Gasteiger partial charge < -0.3 is 25.2 Å². The van der Waals surface area contributed by atoms with Crippen molar-refractivity contribution in [2.45, 2.75) is 315 Å². The van der Waals surface area contributed by atoms with Gasteiger partial charge in [-0.2, -0.15) is 0 Å². The molecule has 10 nitrogen and oxygen atoms in total. The van der Waals surface area contributed by atoms with Crippen LogP contribution in [0.1, 0.15) is 285 Å². The number of carbonyl (C=O) groups is 1. The Morgan fingerprint density at radius 1 is 0.432 bits per heavy atom. The highest BCUT2D eigenvalue weighted by Crippen LogP contribution is 2.25. The topological polar surface area (TPSA) is 120 Å². The minimum absolute atomic E-state index is 0.151. The van der Waals surface area contributed by atoms with Crippen molar-refractivity contribution in [1.29, 1.82) is 0 Å². The number of unbranched alkanes of at least 4 members (excludes halogenated alkanes) is 22. The van der Waals surface area contributed by atoms with Crippen LogP contribution in [0.5, 0.6) is 0 Å². The molecule has 12 heteroatoms. The number of hydrogen-bond acceptors (Lipinski definition) is 12. The van der Waals surface area contributed by atoms with Crippen molar-refractivity contribution in [1.82, 2.24) is 19.6 Å². The van der Waals surface area contributed by atoms with Crippen molar-refractivity contribution in [3.8, 4) is 0 Å². The van der Waals surface area contributed by atoms with E-state index in [2.05, 4.69) is 127 Å². The Morgan fingerprint density at radius 2 is 0.795 bits per heavy atom. The maximum Gasteiger partial charge on any atom is 0.305 e. The van der Waals surface area contributed by atoms with Gasteiger partial charge >= 0.3 is 5.97 Å². The normalized spacial score (nSPS) is 15.8. The highest BCUT2D eigenvalue weighted by atomic mass is 33.1. The number of allylic oxidation sites excluding steroid dienone is 12. The zero-order valence-electron chi connectivity index (χ0n) is 58.0. The summed E-state index contributed by atoms with van der Waals surface area (Å²) >= 11 is 0. The molecular weight excluding hydrogens is 1130 g/mol. The number of aliphatic hydroxyl groups is 4. The fourth-order valence-corrected chi connectivity index (χ4v) is 13.8. The van der Waals surface area contributed by atoms with Crippen LogP contribution in [-0.4, -0.2) is 167 Å². The number of carbonyl (C=O) groups excluding carboxylic acids is 1. The standard InChI is InChI=1S/C76H142N4O6S2/c1-6-10-14-18-22-26-28-30-32-34-36-40-44-48-53-74(83)69-80(70-75(84)54-49-45-41-37-35-33-31-29-27-23-19-15-11-7-2)71(5)56-65-87-88-66-63-78-60-58-77(59-61-78)62-64-86-76(85)55-50-57-79(67-72(81)51-46-42-38-24-20-16-12-8-3)68-73(82)52-47-43-39-25-21-17-13-9-4/h10-11,14-15,22-23,26-27,30-33,71-75,81-84H,6-9,12-13,16-21,24-25,28-29,34-70H2,1-5H3/b14-10-,15-11-,26-22-,27-23-,32-30-,33-31-. The molecule has 4 N–H and O–H groups in total. The maximum atomic E-state index is 12.9. The summed E-state index contributed by atoms with van der Waals surface area (Å²) in [6, 6.07) is 0.289. The van der Waals surface area contributed by atoms with Gasteiger partial charge in [0.1, 0.15) is 6.61 Å². The second-order valence-corrected chi connectivity index (χ2v) is 28.4. The van der Waals surface area contributed by atoms with E-state index in [1.807, 2.05) is 21.6 Å². The molecule has 5 unspecified atom stereocenters. The summed E-state index contributed by atoms with van der Waals surface area (Å²) in [6.07, 6.45) is 68.5. The minimum Gasteiger partial charge on any atom is -0.464 e. The second kappa shape index (κ2) is 65.4. The van der Waals surface area contributed by atoms with Gasteiger partial charge in [0.2, 0.25) is 0 Å². The predicted molar refractivity (Wildman–Crippen MR) is 388 cm³/mol. The van der Waals surface area contributed by atoms with E-state index < -0.39 is 12.2 Å². The van der Waals surface area contributed by atoms with Gasteiger partial charge in [0.05, 0.1) is 24.4 Å². The van der Waals surface area contributed by atoms with Crippen molar-refractivity contribution in [2.75, 3.05) is 90.1 Å². The molecule has 0 amide bonds. The SMILES string of the molecule is CC/C=C\C/C=C\C/C=C\CCCCCCC(O)CN(CC(O)CCCCCC/C=C\C/C=C\C/C=C\CC)C(C)CCSSCCN1CCN(CCOC(=O)CCCN(CC(O)CCCCCCCCCC)CC(O)CCCCCCCCCC)CC1. The van der Waals surface area contributed by atoms with E-state index in [9.17, 15) is 25.2 Å². The molecule has 0 bridgehead atoms. The number of hydrogen-bond donors (Lipinski definition) is 4. The number of nitrogens with zero attached hydrogens (tertiary/aromatic N) is 4. The lowest BCUT2D eigenvalue weighted by Gasteiger charge is -2.34.